The second-order valence-corrected chi connectivity index (χ2v) is 6.89. The lowest BCUT2D eigenvalue weighted by Crippen LogP contribution is -2.48. The van der Waals surface area contributed by atoms with Crippen molar-refractivity contribution >= 4 is 11.9 Å². The highest BCUT2D eigenvalue weighted by atomic mass is 16.4. The Labute approximate surface area is 112 Å². The SMILES string of the molecule is Nc1oc(C23CC4CC(CC(C4)C2)C3)cc1C(=O)O. The lowest BCUT2D eigenvalue weighted by Gasteiger charge is -2.55. The number of carboxylic acids is 1. The Morgan fingerprint density at radius 3 is 2.16 bits per heavy atom. The molecule has 4 nitrogen and oxygen atoms in total. The molecule has 0 spiro atoms. The van der Waals surface area contributed by atoms with Crippen molar-refractivity contribution in [2.45, 2.75) is 43.9 Å². The lowest BCUT2D eigenvalue weighted by molar-refractivity contribution is -0.0148. The van der Waals surface area contributed by atoms with E-state index < -0.39 is 5.97 Å². The van der Waals surface area contributed by atoms with Crippen molar-refractivity contribution in [3.63, 3.8) is 0 Å². The summed E-state index contributed by atoms with van der Waals surface area (Å²) in [7, 11) is 0. The van der Waals surface area contributed by atoms with Crippen molar-refractivity contribution in [3.8, 4) is 0 Å². The molecule has 4 bridgehead atoms. The standard InChI is InChI=1S/C15H19NO3/c16-13-11(14(17)18)4-12(19-13)15-5-8-1-9(6-15)3-10(2-8)7-15/h4,8-10H,1-3,5-7,16H2,(H,17,18). The second kappa shape index (κ2) is 3.56. The normalized spacial score (nSPS) is 39.7. The van der Waals surface area contributed by atoms with E-state index >= 15 is 0 Å². The maximum atomic E-state index is 11.1. The zero-order valence-corrected chi connectivity index (χ0v) is 10.9. The van der Waals surface area contributed by atoms with Gasteiger partial charge in [0.2, 0.25) is 5.88 Å². The Bertz CT molecular complexity index is 510. The molecule has 0 aliphatic heterocycles. The van der Waals surface area contributed by atoms with Crippen LogP contribution < -0.4 is 5.73 Å². The Kier molecular flexibility index (Phi) is 2.13. The van der Waals surface area contributed by atoms with Crippen molar-refractivity contribution in [2.24, 2.45) is 17.8 Å². The van der Waals surface area contributed by atoms with Crippen LogP contribution in [-0.2, 0) is 5.41 Å². The number of carbonyl (C=O) groups is 1. The number of nitrogen functional groups attached to an aromatic ring is 1. The first kappa shape index (κ1) is 11.4. The molecule has 4 saturated carbocycles. The molecule has 4 heteroatoms. The first-order chi connectivity index (χ1) is 9.06. The number of furan rings is 1. The molecule has 1 aromatic heterocycles. The summed E-state index contributed by atoms with van der Waals surface area (Å²) in [4.78, 5) is 11.1. The molecule has 4 aliphatic carbocycles. The highest BCUT2D eigenvalue weighted by Crippen LogP contribution is 2.61. The third-order valence-electron chi connectivity index (χ3n) is 5.55. The van der Waals surface area contributed by atoms with Gasteiger partial charge in [0.15, 0.2) is 0 Å². The number of hydrogen-bond donors (Lipinski definition) is 2. The summed E-state index contributed by atoms with van der Waals surface area (Å²) < 4.78 is 5.66. The summed E-state index contributed by atoms with van der Waals surface area (Å²) in [6.45, 7) is 0. The predicted octanol–water partition coefficient (Wildman–Crippen LogP) is 3.03. The molecule has 4 fully saturated rings. The van der Waals surface area contributed by atoms with Gasteiger partial charge in [-0.3, -0.25) is 0 Å². The summed E-state index contributed by atoms with van der Waals surface area (Å²) in [6.07, 6.45) is 7.56. The van der Waals surface area contributed by atoms with Gasteiger partial charge >= 0.3 is 5.97 Å². The molecular weight excluding hydrogens is 242 g/mol. The van der Waals surface area contributed by atoms with Gasteiger partial charge in [-0.25, -0.2) is 4.79 Å². The van der Waals surface area contributed by atoms with E-state index in [1.807, 2.05) is 0 Å². The fourth-order valence-corrected chi connectivity index (χ4v) is 5.25. The summed E-state index contributed by atoms with van der Waals surface area (Å²) >= 11 is 0. The average molecular weight is 261 g/mol. The van der Waals surface area contributed by atoms with E-state index in [9.17, 15) is 4.79 Å². The summed E-state index contributed by atoms with van der Waals surface area (Å²) in [5.74, 6) is 2.35. The van der Waals surface area contributed by atoms with Gasteiger partial charge < -0.3 is 15.3 Å². The minimum absolute atomic E-state index is 0.0678. The summed E-state index contributed by atoms with van der Waals surface area (Å²) in [5, 5.41) is 9.12. The molecule has 5 rings (SSSR count). The average Bonchev–Trinajstić information content (AvgIpc) is 2.70. The quantitative estimate of drug-likeness (QED) is 0.858. The highest BCUT2D eigenvalue weighted by molar-refractivity contribution is 5.92. The monoisotopic (exact) mass is 261 g/mol. The van der Waals surface area contributed by atoms with E-state index in [2.05, 4.69) is 0 Å². The van der Waals surface area contributed by atoms with Crippen LogP contribution in [0.25, 0.3) is 0 Å². The van der Waals surface area contributed by atoms with Crippen LogP contribution in [-0.4, -0.2) is 11.1 Å². The van der Waals surface area contributed by atoms with E-state index in [4.69, 9.17) is 15.3 Å². The van der Waals surface area contributed by atoms with E-state index in [1.54, 1.807) is 6.07 Å². The number of aromatic carboxylic acids is 1. The fraction of sp³-hybridized carbons (Fsp3) is 0.667. The molecule has 3 N–H and O–H groups in total. The van der Waals surface area contributed by atoms with Gasteiger partial charge in [-0.2, -0.15) is 0 Å². The fourth-order valence-electron chi connectivity index (χ4n) is 5.25. The molecule has 1 aromatic rings. The van der Waals surface area contributed by atoms with Crippen molar-refractivity contribution in [1.29, 1.82) is 0 Å². The topological polar surface area (TPSA) is 76.5 Å². The van der Waals surface area contributed by atoms with Crippen LogP contribution in [0, 0.1) is 17.8 Å². The van der Waals surface area contributed by atoms with E-state index in [0.717, 1.165) is 42.8 Å². The van der Waals surface area contributed by atoms with Gasteiger partial charge in [-0.1, -0.05) is 0 Å². The van der Waals surface area contributed by atoms with Crippen molar-refractivity contribution < 1.29 is 14.3 Å². The van der Waals surface area contributed by atoms with Crippen LogP contribution >= 0.6 is 0 Å². The van der Waals surface area contributed by atoms with Gasteiger partial charge in [0.25, 0.3) is 0 Å². The third kappa shape index (κ3) is 1.55. The number of carboxylic acid groups (broad SMARTS) is 1. The van der Waals surface area contributed by atoms with Gasteiger partial charge in [-0.05, 0) is 62.3 Å². The number of nitrogens with two attached hydrogens (primary N) is 1. The van der Waals surface area contributed by atoms with Crippen LogP contribution in [0.4, 0.5) is 5.88 Å². The molecule has 0 radical (unpaired) electrons. The smallest absolute Gasteiger partial charge is 0.341 e. The van der Waals surface area contributed by atoms with Crippen molar-refractivity contribution in [2.75, 3.05) is 5.73 Å². The predicted molar refractivity (Wildman–Crippen MR) is 69.9 cm³/mol. The van der Waals surface area contributed by atoms with Crippen molar-refractivity contribution in [3.05, 3.63) is 17.4 Å². The second-order valence-electron chi connectivity index (χ2n) is 6.89. The lowest BCUT2D eigenvalue weighted by atomic mass is 9.49. The molecule has 0 unspecified atom stereocenters. The van der Waals surface area contributed by atoms with E-state index in [0.29, 0.717) is 0 Å². The van der Waals surface area contributed by atoms with E-state index in [1.165, 1.54) is 19.3 Å². The Morgan fingerprint density at radius 1 is 1.21 bits per heavy atom. The number of rotatable bonds is 2. The first-order valence-electron chi connectivity index (χ1n) is 7.19. The Hall–Kier alpha value is -1.45. The maximum Gasteiger partial charge on any atom is 0.341 e. The van der Waals surface area contributed by atoms with Gasteiger partial charge in [0.05, 0.1) is 0 Å². The Morgan fingerprint density at radius 2 is 1.74 bits per heavy atom. The molecule has 19 heavy (non-hydrogen) atoms. The van der Waals surface area contributed by atoms with Crippen molar-refractivity contribution in [1.82, 2.24) is 0 Å². The Balaban J connectivity index is 1.75. The zero-order chi connectivity index (χ0) is 13.2. The molecule has 4 aliphatic rings. The molecule has 0 amide bonds. The summed E-state index contributed by atoms with van der Waals surface area (Å²) in [6, 6.07) is 1.69. The van der Waals surface area contributed by atoms with Gasteiger partial charge in [0, 0.05) is 5.41 Å². The largest absolute Gasteiger partial charge is 0.477 e. The minimum atomic E-state index is -0.989. The number of anilines is 1. The highest BCUT2D eigenvalue weighted by Gasteiger charge is 2.53. The third-order valence-corrected chi connectivity index (χ3v) is 5.55. The maximum absolute atomic E-state index is 11.1. The molecule has 102 valence electrons. The molecule has 0 atom stereocenters. The first-order valence-corrected chi connectivity index (χ1v) is 7.19. The van der Waals surface area contributed by atoms with Gasteiger partial charge in [-0.15, -0.1) is 0 Å². The van der Waals surface area contributed by atoms with Crippen LogP contribution in [0.5, 0.6) is 0 Å². The van der Waals surface area contributed by atoms with E-state index in [-0.39, 0.29) is 16.9 Å². The van der Waals surface area contributed by atoms with Gasteiger partial charge in [0.1, 0.15) is 11.3 Å². The molecule has 0 saturated heterocycles. The van der Waals surface area contributed by atoms with Crippen LogP contribution in [0.15, 0.2) is 10.5 Å². The molecular formula is C15H19NO3. The van der Waals surface area contributed by atoms with Crippen LogP contribution in [0.3, 0.4) is 0 Å². The van der Waals surface area contributed by atoms with Crippen LogP contribution in [0.2, 0.25) is 0 Å². The molecule has 1 heterocycles. The summed E-state index contributed by atoms with van der Waals surface area (Å²) in [5.41, 5.74) is 5.92. The minimum Gasteiger partial charge on any atom is -0.477 e. The molecule has 0 aromatic carbocycles. The number of hydrogen-bond acceptors (Lipinski definition) is 3. The zero-order valence-electron chi connectivity index (χ0n) is 10.9. The van der Waals surface area contributed by atoms with Crippen LogP contribution in [0.1, 0.15) is 54.6 Å².